The minimum absolute atomic E-state index is 0.379. The lowest BCUT2D eigenvalue weighted by atomic mass is 9.99. The Labute approximate surface area is 173 Å². The van der Waals surface area contributed by atoms with Crippen LogP contribution in [0.3, 0.4) is 0 Å². The molecule has 1 aromatic heterocycles. The van der Waals surface area contributed by atoms with Crippen molar-refractivity contribution in [2.24, 2.45) is 0 Å². The molecule has 0 aliphatic carbocycles. The highest BCUT2D eigenvalue weighted by Gasteiger charge is 2.51. The summed E-state index contributed by atoms with van der Waals surface area (Å²) in [5.41, 5.74) is 2.72. The van der Waals surface area contributed by atoms with E-state index in [2.05, 4.69) is 40.8 Å². The molecule has 1 atom stereocenters. The van der Waals surface area contributed by atoms with Crippen molar-refractivity contribution in [1.82, 2.24) is 9.97 Å². The number of aryl methyl sites for hydroxylation is 4. The summed E-state index contributed by atoms with van der Waals surface area (Å²) in [6.45, 7) is 15.2. The number of carbonyl (C=O) groups is 1. The molecule has 2 heterocycles. The molecule has 1 aliphatic heterocycles. The normalized spacial score (nSPS) is 18.3. The molecule has 6 nitrogen and oxygen atoms in total. The van der Waals surface area contributed by atoms with Crippen LogP contribution in [0, 0.1) is 27.7 Å². The largest absolute Gasteiger partial charge is 0.375 e. The summed E-state index contributed by atoms with van der Waals surface area (Å²) in [5.74, 6) is 1.36. The third-order valence-electron chi connectivity index (χ3n) is 5.62. The lowest BCUT2D eigenvalue weighted by molar-refractivity contribution is -0.133. The van der Waals surface area contributed by atoms with Crippen LogP contribution in [0.25, 0.3) is 0 Å². The van der Waals surface area contributed by atoms with Crippen LogP contribution in [-0.4, -0.2) is 34.1 Å². The van der Waals surface area contributed by atoms with Gasteiger partial charge in [-0.1, -0.05) is 31.0 Å². The highest BCUT2D eigenvalue weighted by atomic mass is 16.3. The van der Waals surface area contributed by atoms with Gasteiger partial charge in [0.25, 0.3) is 5.91 Å². The van der Waals surface area contributed by atoms with Gasteiger partial charge < -0.3 is 10.0 Å². The van der Waals surface area contributed by atoms with Gasteiger partial charge in [0.2, 0.25) is 0 Å². The SMILES string of the molecule is CCCCN(CC)c1nc(C)nc2c1C(C)(O)C(=O)N2c1c(C)cc(C)cc1C. The minimum Gasteiger partial charge on any atom is -0.375 e. The summed E-state index contributed by atoms with van der Waals surface area (Å²) in [6, 6.07) is 4.10. The molecule has 0 bridgehead atoms. The van der Waals surface area contributed by atoms with E-state index in [4.69, 9.17) is 0 Å². The number of hydrogen-bond donors (Lipinski definition) is 1. The molecular weight excluding hydrogens is 364 g/mol. The molecule has 1 amide bonds. The number of nitrogens with zero attached hydrogens (tertiary/aromatic N) is 4. The Bertz CT molecular complexity index is 929. The van der Waals surface area contributed by atoms with Crippen LogP contribution >= 0.6 is 0 Å². The molecule has 1 unspecified atom stereocenters. The van der Waals surface area contributed by atoms with Crippen LogP contribution in [0.15, 0.2) is 12.1 Å². The maximum atomic E-state index is 13.5. The van der Waals surface area contributed by atoms with Crippen molar-refractivity contribution in [3.8, 4) is 0 Å². The van der Waals surface area contributed by atoms with Crippen LogP contribution in [0.1, 0.15) is 61.7 Å². The lowest BCUT2D eigenvalue weighted by Crippen LogP contribution is -2.37. The maximum absolute atomic E-state index is 13.5. The topological polar surface area (TPSA) is 69.6 Å². The summed E-state index contributed by atoms with van der Waals surface area (Å²) in [4.78, 5) is 26.5. The van der Waals surface area contributed by atoms with E-state index in [0.717, 1.165) is 48.3 Å². The molecule has 2 aromatic rings. The monoisotopic (exact) mass is 396 g/mol. The zero-order valence-electron chi connectivity index (χ0n) is 18.6. The summed E-state index contributed by atoms with van der Waals surface area (Å²) >= 11 is 0. The Hall–Kier alpha value is -2.47. The first-order valence-corrected chi connectivity index (χ1v) is 10.4. The third-order valence-corrected chi connectivity index (χ3v) is 5.62. The zero-order valence-corrected chi connectivity index (χ0v) is 18.6. The standard InChI is InChI=1S/C23H32N4O2/c1-8-10-11-26(9-2)20-18-21(25-17(6)24-20)27(22(28)23(18,7)29)19-15(4)12-14(3)13-16(19)5/h12-13,29H,8-11H2,1-7H3. The Kier molecular flexibility index (Phi) is 5.68. The predicted molar refractivity (Wildman–Crippen MR) is 117 cm³/mol. The van der Waals surface area contributed by atoms with Gasteiger partial charge in [0, 0.05) is 13.1 Å². The first kappa shape index (κ1) is 21.2. The Balaban J connectivity index is 2.27. The van der Waals surface area contributed by atoms with Gasteiger partial charge in [-0.2, -0.15) is 0 Å². The van der Waals surface area contributed by atoms with Crippen molar-refractivity contribution in [1.29, 1.82) is 0 Å². The smallest absolute Gasteiger partial charge is 0.269 e. The summed E-state index contributed by atoms with van der Waals surface area (Å²) in [6.07, 6.45) is 2.08. The number of fused-ring (bicyclic) bond motifs is 1. The Morgan fingerprint density at radius 1 is 1.10 bits per heavy atom. The van der Waals surface area contributed by atoms with Crippen molar-refractivity contribution in [3.63, 3.8) is 0 Å². The van der Waals surface area contributed by atoms with Gasteiger partial charge in [0.1, 0.15) is 11.6 Å². The molecule has 1 aliphatic rings. The second-order valence-electron chi connectivity index (χ2n) is 8.19. The highest BCUT2D eigenvalue weighted by molar-refractivity contribution is 6.12. The van der Waals surface area contributed by atoms with E-state index in [1.54, 1.807) is 11.8 Å². The average Bonchev–Trinajstić information content (AvgIpc) is 2.82. The molecule has 0 fully saturated rings. The second-order valence-corrected chi connectivity index (χ2v) is 8.19. The molecule has 1 aromatic carbocycles. The van der Waals surface area contributed by atoms with Gasteiger partial charge in [-0.3, -0.25) is 9.69 Å². The van der Waals surface area contributed by atoms with E-state index in [1.807, 2.05) is 27.7 Å². The number of unbranched alkanes of at least 4 members (excludes halogenated alkanes) is 1. The van der Waals surface area contributed by atoms with Crippen LogP contribution in [-0.2, 0) is 10.4 Å². The van der Waals surface area contributed by atoms with Crippen molar-refractivity contribution in [2.75, 3.05) is 22.9 Å². The number of benzene rings is 1. The van der Waals surface area contributed by atoms with E-state index in [0.29, 0.717) is 23.0 Å². The predicted octanol–water partition coefficient (Wildman–Crippen LogP) is 4.22. The average molecular weight is 397 g/mol. The number of amides is 1. The van der Waals surface area contributed by atoms with Crippen LogP contribution < -0.4 is 9.80 Å². The molecule has 0 saturated heterocycles. The molecule has 1 N–H and O–H groups in total. The van der Waals surface area contributed by atoms with Gasteiger partial charge >= 0.3 is 0 Å². The van der Waals surface area contributed by atoms with Gasteiger partial charge in [-0.05, 0) is 59.1 Å². The molecule has 3 rings (SSSR count). The molecule has 0 saturated carbocycles. The number of anilines is 3. The van der Waals surface area contributed by atoms with Gasteiger partial charge in [0.05, 0.1) is 11.3 Å². The Morgan fingerprint density at radius 2 is 1.72 bits per heavy atom. The van der Waals surface area contributed by atoms with E-state index in [-0.39, 0.29) is 5.91 Å². The van der Waals surface area contributed by atoms with Crippen molar-refractivity contribution >= 4 is 23.2 Å². The fourth-order valence-electron chi connectivity index (χ4n) is 4.29. The summed E-state index contributed by atoms with van der Waals surface area (Å²) in [5, 5.41) is 11.3. The fraction of sp³-hybridized carbons (Fsp3) is 0.522. The van der Waals surface area contributed by atoms with Crippen molar-refractivity contribution < 1.29 is 9.90 Å². The molecule has 6 heteroatoms. The number of rotatable bonds is 6. The lowest BCUT2D eigenvalue weighted by Gasteiger charge is -2.26. The maximum Gasteiger partial charge on any atom is 0.269 e. The highest BCUT2D eigenvalue weighted by Crippen LogP contribution is 2.48. The van der Waals surface area contributed by atoms with Crippen LogP contribution in [0.5, 0.6) is 0 Å². The number of aromatic nitrogens is 2. The quantitative estimate of drug-likeness (QED) is 0.792. The third kappa shape index (κ3) is 3.50. The number of aliphatic hydroxyl groups is 1. The van der Waals surface area contributed by atoms with E-state index in [1.165, 1.54) is 0 Å². The van der Waals surface area contributed by atoms with Gasteiger partial charge in [-0.15, -0.1) is 0 Å². The Morgan fingerprint density at radius 3 is 2.28 bits per heavy atom. The number of carbonyl (C=O) groups excluding carboxylic acids is 1. The van der Waals surface area contributed by atoms with Gasteiger partial charge in [0.15, 0.2) is 11.4 Å². The number of hydrogen-bond acceptors (Lipinski definition) is 5. The molecule has 156 valence electrons. The molecule has 0 radical (unpaired) electrons. The second kappa shape index (κ2) is 7.75. The minimum atomic E-state index is -1.68. The van der Waals surface area contributed by atoms with Crippen LogP contribution in [0.2, 0.25) is 0 Å². The van der Waals surface area contributed by atoms with Crippen molar-refractivity contribution in [3.05, 3.63) is 40.2 Å². The van der Waals surface area contributed by atoms with Crippen LogP contribution in [0.4, 0.5) is 17.3 Å². The first-order valence-electron chi connectivity index (χ1n) is 10.4. The van der Waals surface area contributed by atoms with E-state index < -0.39 is 5.60 Å². The van der Waals surface area contributed by atoms with Gasteiger partial charge in [-0.25, -0.2) is 9.97 Å². The molecular formula is C23H32N4O2. The summed E-state index contributed by atoms with van der Waals surface area (Å²) < 4.78 is 0. The molecule has 29 heavy (non-hydrogen) atoms. The fourth-order valence-corrected chi connectivity index (χ4v) is 4.29. The van der Waals surface area contributed by atoms with Crippen molar-refractivity contribution in [2.45, 2.75) is 66.9 Å². The molecule has 0 spiro atoms. The summed E-state index contributed by atoms with van der Waals surface area (Å²) in [7, 11) is 0. The first-order chi connectivity index (χ1) is 13.6. The zero-order chi connectivity index (χ0) is 21.5. The van der Waals surface area contributed by atoms with E-state index >= 15 is 0 Å². The van der Waals surface area contributed by atoms with E-state index in [9.17, 15) is 9.90 Å².